The number of carbonyl (C=O) groups excluding carboxylic acids is 1. The topological polar surface area (TPSA) is 59.2 Å². The van der Waals surface area contributed by atoms with Crippen molar-refractivity contribution in [1.29, 1.82) is 0 Å². The van der Waals surface area contributed by atoms with E-state index in [9.17, 15) is 22.8 Å². The molecule has 1 aromatic rings. The fourth-order valence-electron chi connectivity index (χ4n) is 0.841. The molecule has 1 aromatic heterocycles. The summed E-state index contributed by atoms with van der Waals surface area (Å²) >= 11 is 6.44. The van der Waals surface area contributed by atoms with E-state index in [-0.39, 0.29) is 3.70 Å². The van der Waals surface area contributed by atoms with E-state index in [0.717, 1.165) is 6.20 Å². The third-order valence-electron chi connectivity index (χ3n) is 1.42. The number of aromatic nitrogens is 1. The summed E-state index contributed by atoms with van der Waals surface area (Å²) in [6.45, 7) is 0. The molecule has 0 amide bonds. The highest BCUT2D eigenvalue weighted by Crippen LogP contribution is 2.23. The first-order chi connectivity index (χ1) is 7.22. The molecule has 0 radical (unpaired) electrons. The van der Waals surface area contributed by atoms with Gasteiger partial charge in [-0.05, 0) is 34.2 Å². The van der Waals surface area contributed by atoms with E-state index < -0.39 is 28.3 Å². The van der Waals surface area contributed by atoms with Gasteiger partial charge in [0.05, 0.1) is 0 Å². The lowest BCUT2D eigenvalue weighted by molar-refractivity contribution is -0.275. The average molecular weight is 367 g/mol. The zero-order chi connectivity index (χ0) is 12.5. The van der Waals surface area contributed by atoms with Gasteiger partial charge < -0.3 is 9.72 Å². The number of nitrogens with one attached hydrogen (secondary N) is 1. The minimum atomic E-state index is -5.01. The predicted octanol–water partition coefficient (Wildman–Crippen LogP) is 2.26. The molecule has 4 nitrogen and oxygen atoms in total. The van der Waals surface area contributed by atoms with E-state index in [4.69, 9.17) is 11.6 Å². The van der Waals surface area contributed by atoms with Crippen LogP contribution >= 0.6 is 34.2 Å². The quantitative estimate of drug-likeness (QED) is 0.496. The fourth-order valence-corrected chi connectivity index (χ4v) is 1.49. The first-order valence-corrected chi connectivity index (χ1v) is 5.05. The number of carbonyl (C=O) groups is 1. The highest BCUT2D eigenvalue weighted by atomic mass is 127. The van der Waals surface area contributed by atoms with E-state index in [2.05, 4.69) is 9.72 Å². The van der Waals surface area contributed by atoms with Crippen molar-refractivity contribution in [2.75, 3.05) is 0 Å². The molecule has 1 N–H and O–H groups in total. The van der Waals surface area contributed by atoms with Crippen molar-refractivity contribution >= 4 is 39.4 Å². The molecule has 0 aliphatic heterocycles. The molecule has 1 heterocycles. The van der Waals surface area contributed by atoms with Crippen molar-refractivity contribution in [1.82, 2.24) is 4.98 Å². The first-order valence-electron chi connectivity index (χ1n) is 3.59. The maximum absolute atomic E-state index is 11.9. The van der Waals surface area contributed by atoms with E-state index in [1.165, 1.54) is 22.6 Å². The summed E-state index contributed by atoms with van der Waals surface area (Å²) in [5.74, 6) is -1.00. The Labute approximate surface area is 105 Å². The van der Waals surface area contributed by atoms with Crippen LogP contribution in [0, 0.1) is 3.70 Å². The number of hydrogen-bond acceptors (Lipinski definition) is 3. The van der Waals surface area contributed by atoms with E-state index in [1.807, 2.05) is 0 Å². The van der Waals surface area contributed by atoms with Gasteiger partial charge in [0.15, 0.2) is 0 Å². The minimum absolute atomic E-state index is 0.179. The van der Waals surface area contributed by atoms with E-state index >= 15 is 0 Å². The lowest BCUT2D eigenvalue weighted by atomic mass is 10.3. The number of halogens is 5. The summed E-state index contributed by atoms with van der Waals surface area (Å²) in [6.07, 6.45) is -4.09. The highest BCUT2D eigenvalue weighted by molar-refractivity contribution is 14.1. The Morgan fingerprint density at radius 3 is 2.50 bits per heavy atom. The third kappa shape index (κ3) is 3.11. The molecule has 0 fully saturated rings. The van der Waals surface area contributed by atoms with Crippen LogP contribution in [0.1, 0.15) is 10.4 Å². The second-order valence-electron chi connectivity index (χ2n) is 2.50. The maximum atomic E-state index is 11.9. The van der Waals surface area contributed by atoms with Gasteiger partial charge in [0, 0.05) is 6.20 Å². The number of alkyl halides is 3. The summed E-state index contributed by atoms with van der Waals surface area (Å²) in [7, 11) is 0. The lowest BCUT2D eigenvalue weighted by Gasteiger charge is -2.09. The largest absolute Gasteiger partial charge is 0.573 e. The van der Waals surface area contributed by atoms with Crippen LogP contribution in [0.3, 0.4) is 0 Å². The highest BCUT2D eigenvalue weighted by Gasteiger charge is 2.34. The molecule has 0 bridgehead atoms. The zero-order valence-corrected chi connectivity index (χ0v) is 10.1. The van der Waals surface area contributed by atoms with Crippen molar-refractivity contribution in [2.24, 2.45) is 0 Å². The van der Waals surface area contributed by atoms with Gasteiger partial charge in [-0.3, -0.25) is 9.59 Å². The third-order valence-corrected chi connectivity index (χ3v) is 2.43. The molecule has 88 valence electrons. The lowest BCUT2D eigenvalue weighted by Crippen LogP contribution is -2.25. The van der Waals surface area contributed by atoms with Crippen LogP contribution in [0.15, 0.2) is 11.0 Å². The summed E-state index contributed by atoms with van der Waals surface area (Å²) in [4.78, 5) is 24.3. The van der Waals surface area contributed by atoms with Gasteiger partial charge in [0.1, 0.15) is 9.26 Å². The van der Waals surface area contributed by atoms with Crippen LogP contribution in [-0.2, 0) is 0 Å². The molecule has 0 aromatic carbocycles. The number of pyridine rings is 1. The normalized spacial score (nSPS) is 11.3. The minimum Gasteiger partial charge on any atom is -0.399 e. The Bertz CT molecular complexity index is 485. The molecule has 0 saturated carbocycles. The van der Waals surface area contributed by atoms with Crippen molar-refractivity contribution < 1.29 is 22.7 Å². The van der Waals surface area contributed by atoms with Crippen molar-refractivity contribution in [3.8, 4) is 5.75 Å². The molecule has 9 heteroatoms. The van der Waals surface area contributed by atoms with Gasteiger partial charge in [-0.2, -0.15) is 0 Å². The fraction of sp³-hybridized carbons (Fsp3) is 0.143. The standard InChI is InChI=1S/C7H2ClF3INO3/c8-5(15)2-1-13-6(12)4(3(2)14)16-7(9,10)11/h1H,(H,13,14). The smallest absolute Gasteiger partial charge is 0.399 e. The molecule has 16 heavy (non-hydrogen) atoms. The summed E-state index contributed by atoms with van der Waals surface area (Å²) in [5.41, 5.74) is -1.82. The van der Waals surface area contributed by atoms with Gasteiger partial charge in [-0.25, -0.2) is 0 Å². The van der Waals surface area contributed by atoms with Crippen molar-refractivity contribution in [3.63, 3.8) is 0 Å². The SMILES string of the molecule is O=C(Cl)c1c[nH]c(I)c(OC(F)(F)F)c1=O. The molecular formula is C7H2ClF3INO3. The van der Waals surface area contributed by atoms with Crippen LogP contribution in [0.4, 0.5) is 13.2 Å². The molecule has 0 atom stereocenters. The molecule has 0 unspecified atom stereocenters. The zero-order valence-electron chi connectivity index (χ0n) is 7.19. The van der Waals surface area contributed by atoms with Gasteiger partial charge in [-0.1, -0.05) is 0 Å². The van der Waals surface area contributed by atoms with Crippen LogP contribution < -0.4 is 10.2 Å². The molecular weight excluding hydrogens is 365 g/mol. The molecule has 0 aliphatic rings. The van der Waals surface area contributed by atoms with E-state index in [1.54, 1.807) is 0 Å². The molecule has 0 saturated heterocycles. The molecule has 1 rings (SSSR count). The van der Waals surface area contributed by atoms with Crippen molar-refractivity contribution in [3.05, 3.63) is 25.7 Å². The first kappa shape index (κ1) is 13.3. The summed E-state index contributed by atoms with van der Waals surface area (Å²) in [5, 5.41) is -1.16. The second kappa shape index (κ2) is 4.62. The Morgan fingerprint density at radius 1 is 1.50 bits per heavy atom. The maximum Gasteiger partial charge on any atom is 0.573 e. The van der Waals surface area contributed by atoms with Crippen LogP contribution in [0.25, 0.3) is 0 Å². The average Bonchev–Trinajstić information content (AvgIpc) is 2.10. The number of ether oxygens (including phenoxy) is 1. The second-order valence-corrected chi connectivity index (χ2v) is 3.92. The number of aromatic amines is 1. The van der Waals surface area contributed by atoms with Gasteiger partial charge in [0.25, 0.3) is 5.24 Å². The predicted molar refractivity (Wildman–Crippen MR) is 56.6 cm³/mol. The van der Waals surface area contributed by atoms with Gasteiger partial charge in [0.2, 0.25) is 11.2 Å². The monoisotopic (exact) mass is 367 g/mol. The van der Waals surface area contributed by atoms with Crippen LogP contribution in [0.2, 0.25) is 0 Å². The van der Waals surface area contributed by atoms with Crippen LogP contribution in [0.5, 0.6) is 5.75 Å². The molecule has 0 aliphatic carbocycles. The summed E-state index contributed by atoms with van der Waals surface area (Å²) < 4.78 is 39.1. The van der Waals surface area contributed by atoms with Gasteiger partial charge in [-0.15, -0.1) is 13.2 Å². The Balaban J connectivity index is 3.33. The number of hydrogen-bond donors (Lipinski definition) is 1. The molecule has 0 spiro atoms. The van der Waals surface area contributed by atoms with E-state index in [0.29, 0.717) is 0 Å². The Kier molecular flexibility index (Phi) is 3.84. The van der Waals surface area contributed by atoms with Gasteiger partial charge >= 0.3 is 6.36 Å². The number of rotatable bonds is 2. The Morgan fingerprint density at radius 2 is 2.06 bits per heavy atom. The van der Waals surface area contributed by atoms with Crippen LogP contribution in [-0.4, -0.2) is 16.6 Å². The summed E-state index contributed by atoms with van der Waals surface area (Å²) in [6, 6.07) is 0. The van der Waals surface area contributed by atoms with Crippen molar-refractivity contribution in [2.45, 2.75) is 6.36 Å². The number of H-pyrrole nitrogens is 1. The Hall–Kier alpha value is -0.770.